The van der Waals surface area contributed by atoms with Gasteiger partial charge in [-0.05, 0) is 42.8 Å². The van der Waals surface area contributed by atoms with Crippen LogP contribution in [0.25, 0.3) is 0 Å². The van der Waals surface area contributed by atoms with E-state index in [1.54, 1.807) is 36.4 Å². The van der Waals surface area contributed by atoms with Crippen molar-refractivity contribution in [1.29, 1.82) is 0 Å². The second-order valence-electron chi connectivity index (χ2n) is 5.16. The zero-order valence-electron chi connectivity index (χ0n) is 12.9. The van der Waals surface area contributed by atoms with E-state index >= 15 is 0 Å². The molecule has 0 heterocycles. The molecule has 2 rings (SSSR count). The average molecular weight is 314 g/mol. The van der Waals surface area contributed by atoms with E-state index in [2.05, 4.69) is 10.6 Å². The minimum Gasteiger partial charge on any atom is -0.326 e. The van der Waals surface area contributed by atoms with Crippen molar-refractivity contribution < 1.29 is 14.0 Å². The van der Waals surface area contributed by atoms with E-state index < -0.39 is 11.7 Å². The quantitative estimate of drug-likeness (QED) is 0.839. The molecule has 2 N–H and O–H groups in total. The van der Waals surface area contributed by atoms with E-state index in [-0.39, 0.29) is 11.6 Å². The summed E-state index contributed by atoms with van der Waals surface area (Å²) in [6.07, 6.45) is 2.28. The Labute approximate surface area is 134 Å². The molecule has 0 spiro atoms. The summed E-state index contributed by atoms with van der Waals surface area (Å²) in [4.78, 5) is 23.7. The number of anilines is 2. The van der Waals surface area contributed by atoms with Crippen LogP contribution < -0.4 is 10.6 Å². The van der Waals surface area contributed by atoms with E-state index in [1.807, 2.05) is 6.92 Å². The van der Waals surface area contributed by atoms with E-state index in [4.69, 9.17) is 0 Å². The Bertz CT molecular complexity index is 684. The second kappa shape index (κ2) is 8.08. The fourth-order valence-corrected chi connectivity index (χ4v) is 2.02. The van der Waals surface area contributed by atoms with Gasteiger partial charge in [-0.2, -0.15) is 0 Å². The summed E-state index contributed by atoms with van der Waals surface area (Å²) < 4.78 is 13.5. The Balaban J connectivity index is 1.97. The predicted molar refractivity (Wildman–Crippen MR) is 88.9 cm³/mol. The van der Waals surface area contributed by atoms with Gasteiger partial charge in [-0.3, -0.25) is 9.59 Å². The van der Waals surface area contributed by atoms with Gasteiger partial charge >= 0.3 is 0 Å². The van der Waals surface area contributed by atoms with Crippen molar-refractivity contribution in [2.75, 3.05) is 10.6 Å². The van der Waals surface area contributed by atoms with Gasteiger partial charge in [0, 0.05) is 17.7 Å². The number of carbonyl (C=O) groups is 2. The molecule has 0 aliphatic carbocycles. The SMILES string of the molecule is CCCCC(=O)Nc1ccc(C(=O)Nc2ccccc2F)cc1. The van der Waals surface area contributed by atoms with Crippen molar-refractivity contribution in [3.05, 3.63) is 59.9 Å². The molecule has 23 heavy (non-hydrogen) atoms. The summed E-state index contributed by atoms with van der Waals surface area (Å²) in [5, 5.41) is 5.28. The monoisotopic (exact) mass is 314 g/mol. The molecular weight excluding hydrogens is 295 g/mol. The largest absolute Gasteiger partial charge is 0.326 e. The van der Waals surface area contributed by atoms with Crippen molar-refractivity contribution >= 4 is 23.2 Å². The van der Waals surface area contributed by atoms with Gasteiger partial charge < -0.3 is 10.6 Å². The molecular formula is C18H19FN2O2. The van der Waals surface area contributed by atoms with Crippen molar-refractivity contribution in [3.63, 3.8) is 0 Å². The molecule has 5 heteroatoms. The Kier molecular flexibility index (Phi) is 5.86. The third-order valence-corrected chi connectivity index (χ3v) is 3.31. The third kappa shape index (κ3) is 4.92. The zero-order chi connectivity index (χ0) is 16.7. The lowest BCUT2D eigenvalue weighted by molar-refractivity contribution is -0.116. The number of hydrogen-bond donors (Lipinski definition) is 2. The molecule has 0 aliphatic rings. The number of halogens is 1. The van der Waals surface area contributed by atoms with Gasteiger partial charge in [0.2, 0.25) is 5.91 Å². The van der Waals surface area contributed by atoms with E-state index in [9.17, 15) is 14.0 Å². The number of amides is 2. The Morgan fingerprint density at radius 1 is 1.00 bits per heavy atom. The summed E-state index contributed by atoms with van der Waals surface area (Å²) in [5.74, 6) is -0.935. The molecule has 120 valence electrons. The zero-order valence-corrected chi connectivity index (χ0v) is 12.9. The summed E-state index contributed by atoms with van der Waals surface area (Å²) in [6.45, 7) is 2.02. The molecule has 0 aliphatic heterocycles. The Morgan fingerprint density at radius 3 is 2.35 bits per heavy atom. The third-order valence-electron chi connectivity index (χ3n) is 3.31. The minimum atomic E-state index is -0.486. The van der Waals surface area contributed by atoms with Crippen LogP contribution in [0.15, 0.2) is 48.5 Å². The molecule has 2 aromatic rings. The Morgan fingerprint density at radius 2 is 1.70 bits per heavy atom. The molecule has 0 fully saturated rings. The van der Waals surface area contributed by atoms with Crippen LogP contribution in [0.1, 0.15) is 36.5 Å². The molecule has 0 aromatic heterocycles. The molecule has 4 nitrogen and oxygen atoms in total. The normalized spacial score (nSPS) is 10.2. The van der Waals surface area contributed by atoms with E-state index in [1.165, 1.54) is 12.1 Å². The second-order valence-corrected chi connectivity index (χ2v) is 5.16. The predicted octanol–water partition coefficient (Wildman–Crippen LogP) is 4.21. The fourth-order valence-electron chi connectivity index (χ4n) is 2.02. The van der Waals surface area contributed by atoms with Crippen LogP contribution in [-0.4, -0.2) is 11.8 Å². The van der Waals surface area contributed by atoms with Gasteiger partial charge in [0.15, 0.2) is 0 Å². The molecule has 0 radical (unpaired) electrons. The summed E-state index contributed by atoms with van der Waals surface area (Å²) in [5.41, 5.74) is 1.16. The first kappa shape index (κ1) is 16.7. The summed E-state index contributed by atoms with van der Waals surface area (Å²) >= 11 is 0. The number of unbranched alkanes of at least 4 members (excludes halogenated alkanes) is 1. The first-order valence-corrected chi connectivity index (χ1v) is 7.56. The van der Waals surface area contributed by atoms with Gasteiger partial charge in [0.05, 0.1) is 5.69 Å². The molecule has 0 unspecified atom stereocenters. The lowest BCUT2D eigenvalue weighted by atomic mass is 10.1. The number of nitrogens with one attached hydrogen (secondary N) is 2. The average Bonchev–Trinajstić information content (AvgIpc) is 2.55. The van der Waals surface area contributed by atoms with E-state index in [0.29, 0.717) is 17.7 Å². The standard InChI is InChI=1S/C18H19FN2O2/c1-2-3-8-17(22)20-14-11-9-13(10-12-14)18(23)21-16-7-5-4-6-15(16)19/h4-7,9-12H,2-3,8H2,1H3,(H,20,22)(H,21,23). The van der Waals surface area contributed by atoms with Crippen LogP contribution >= 0.6 is 0 Å². The van der Waals surface area contributed by atoms with Crippen LogP contribution in [0.4, 0.5) is 15.8 Å². The molecule has 2 aromatic carbocycles. The van der Waals surface area contributed by atoms with Crippen molar-refractivity contribution in [1.82, 2.24) is 0 Å². The van der Waals surface area contributed by atoms with Gasteiger partial charge in [-0.1, -0.05) is 25.5 Å². The smallest absolute Gasteiger partial charge is 0.255 e. The van der Waals surface area contributed by atoms with Crippen molar-refractivity contribution in [2.24, 2.45) is 0 Å². The van der Waals surface area contributed by atoms with Crippen molar-refractivity contribution in [3.8, 4) is 0 Å². The first-order chi connectivity index (χ1) is 11.1. The number of benzene rings is 2. The Hall–Kier alpha value is -2.69. The topological polar surface area (TPSA) is 58.2 Å². The summed E-state index contributed by atoms with van der Waals surface area (Å²) in [7, 11) is 0. The van der Waals surface area contributed by atoms with Crippen LogP contribution in [-0.2, 0) is 4.79 Å². The lowest BCUT2D eigenvalue weighted by Gasteiger charge is -2.08. The minimum absolute atomic E-state index is 0.0459. The number of para-hydroxylation sites is 1. The highest BCUT2D eigenvalue weighted by Crippen LogP contribution is 2.15. The summed E-state index contributed by atoms with van der Waals surface area (Å²) in [6, 6.07) is 12.5. The number of rotatable bonds is 6. The highest BCUT2D eigenvalue weighted by Gasteiger charge is 2.09. The van der Waals surface area contributed by atoms with Gasteiger partial charge in [0.25, 0.3) is 5.91 Å². The van der Waals surface area contributed by atoms with Crippen LogP contribution in [0, 0.1) is 5.82 Å². The molecule has 2 amide bonds. The van der Waals surface area contributed by atoms with Crippen LogP contribution in [0.2, 0.25) is 0 Å². The highest BCUT2D eigenvalue weighted by atomic mass is 19.1. The highest BCUT2D eigenvalue weighted by molar-refractivity contribution is 6.04. The lowest BCUT2D eigenvalue weighted by Crippen LogP contribution is -2.14. The van der Waals surface area contributed by atoms with Gasteiger partial charge in [-0.25, -0.2) is 4.39 Å². The fraction of sp³-hybridized carbons (Fsp3) is 0.222. The number of hydrogen-bond acceptors (Lipinski definition) is 2. The molecule has 0 saturated heterocycles. The molecule has 0 atom stereocenters. The first-order valence-electron chi connectivity index (χ1n) is 7.56. The van der Waals surface area contributed by atoms with Crippen molar-refractivity contribution in [2.45, 2.75) is 26.2 Å². The maximum Gasteiger partial charge on any atom is 0.255 e. The van der Waals surface area contributed by atoms with Crippen LogP contribution in [0.3, 0.4) is 0 Å². The van der Waals surface area contributed by atoms with Crippen LogP contribution in [0.5, 0.6) is 0 Å². The van der Waals surface area contributed by atoms with Gasteiger partial charge in [0.1, 0.15) is 5.82 Å². The maximum atomic E-state index is 13.5. The van der Waals surface area contributed by atoms with Gasteiger partial charge in [-0.15, -0.1) is 0 Å². The van der Waals surface area contributed by atoms with E-state index in [0.717, 1.165) is 12.8 Å². The maximum absolute atomic E-state index is 13.5. The molecule has 0 saturated carbocycles. The number of carbonyl (C=O) groups excluding carboxylic acids is 2. The molecule has 0 bridgehead atoms.